The molecule has 1 aliphatic rings. The zero-order valence-electron chi connectivity index (χ0n) is 11.6. The average Bonchev–Trinajstić information content (AvgIpc) is 2.72. The van der Waals surface area contributed by atoms with Gasteiger partial charge in [0.05, 0.1) is 11.9 Å². The highest BCUT2D eigenvalue weighted by Gasteiger charge is 2.19. The Morgan fingerprint density at radius 1 is 1.58 bits per heavy atom. The number of carbonyl (C=O) groups is 1. The highest BCUT2D eigenvalue weighted by molar-refractivity contribution is 5.88. The maximum atomic E-state index is 11.1. The topological polar surface area (TPSA) is 70.4 Å². The van der Waals surface area contributed by atoms with Crippen molar-refractivity contribution < 1.29 is 9.90 Å². The molecule has 2 rings (SSSR count). The highest BCUT2D eigenvalue weighted by atomic mass is 16.4. The number of rotatable bonds is 5. The lowest BCUT2D eigenvalue weighted by Gasteiger charge is -2.27. The van der Waals surface area contributed by atoms with Gasteiger partial charge in [-0.1, -0.05) is 0 Å². The van der Waals surface area contributed by atoms with Gasteiger partial charge in [0, 0.05) is 20.1 Å². The largest absolute Gasteiger partial charge is 0.478 e. The summed E-state index contributed by atoms with van der Waals surface area (Å²) in [6.07, 6.45) is 3.82. The fraction of sp³-hybridized carbons (Fsp3) is 0.692. The first-order valence-electron chi connectivity index (χ1n) is 6.71. The molecule has 106 valence electrons. The van der Waals surface area contributed by atoms with Crippen LogP contribution in [0.1, 0.15) is 28.9 Å². The first-order chi connectivity index (χ1) is 9.08. The van der Waals surface area contributed by atoms with E-state index in [4.69, 9.17) is 5.11 Å². The highest BCUT2D eigenvalue weighted by Crippen LogP contribution is 2.15. The van der Waals surface area contributed by atoms with Crippen molar-refractivity contribution in [3.8, 4) is 0 Å². The van der Waals surface area contributed by atoms with Crippen LogP contribution < -0.4 is 5.32 Å². The number of aromatic carboxylic acids is 1. The van der Waals surface area contributed by atoms with E-state index in [-0.39, 0.29) is 0 Å². The van der Waals surface area contributed by atoms with Gasteiger partial charge in [-0.2, -0.15) is 5.10 Å². The molecule has 1 aliphatic heterocycles. The van der Waals surface area contributed by atoms with Crippen LogP contribution in [0.25, 0.3) is 0 Å². The molecule has 0 atom stereocenters. The Bertz CT molecular complexity index is 438. The van der Waals surface area contributed by atoms with Crippen molar-refractivity contribution in [1.29, 1.82) is 0 Å². The van der Waals surface area contributed by atoms with Crippen LogP contribution >= 0.6 is 0 Å². The lowest BCUT2D eigenvalue weighted by molar-refractivity contribution is 0.0694. The van der Waals surface area contributed by atoms with Gasteiger partial charge in [-0.25, -0.2) is 4.79 Å². The van der Waals surface area contributed by atoms with Crippen molar-refractivity contribution >= 4 is 5.97 Å². The van der Waals surface area contributed by atoms with E-state index in [0.29, 0.717) is 18.0 Å². The van der Waals surface area contributed by atoms with Crippen molar-refractivity contribution in [3.05, 3.63) is 17.5 Å². The van der Waals surface area contributed by atoms with E-state index < -0.39 is 5.97 Å². The Kier molecular flexibility index (Phi) is 4.55. The van der Waals surface area contributed by atoms with Crippen molar-refractivity contribution in [1.82, 2.24) is 20.0 Å². The molecule has 0 radical (unpaired) electrons. The van der Waals surface area contributed by atoms with Crippen LogP contribution in [0.15, 0.2) is 6.20 Å². The molecule has 1 saturated heterocycles. The second kappa shape index (κ2) is 6.16. The van der Waals surface area contributed by atoms with Crippen molar-refractivity contribution in [2.75, 3.05) is 26.7 Å². The summed E-state index contributed by atoms with van der Waals surface area (Å²) in [5.41, 5.74) is 1.07. The second-order valence-electron chi connectivity index (χ2n) is 5.32. The van der Waals surface area contributed by atoms with Crippen molar-refractivity contribution in [2.45, 2.75) is 19.4 Å². The Morgan fingerprint density at radius 3 is 2.89 bits per heavy atom. The fourth-order valence-corrected chi connectivity index (χ4v) is 2.65. The summed E-state index contributed by atoms with van der Waals surface area (Å²) in [4.78, 5) is 13.3. The molecule has 0 unspecified atom stereocenters. The van der Waals surface area contributed by atoms with Crippen molar-refractivity contribution in [2.24, 2.45) is 13.0 Å². The molecule has 0 spiro atoms. The number of hydrogen-bond acceptors (Lipinski definition) is 4. The number of carboxylic acid groups (broad SMARTS) is 1. The van der Waals surface area contributed by atoms with Crippen LogP contribution in [0.3, 0.4) is 0 Å². The number of nitrogens with one attached hydrogen (secondary N) is 1. The lowest BCUT2D eigenvalue weighted by Crippen LogP contribution is -2.34. The molecule has 0 aliphatic carbocycles. The van der Waals surface area contributed by atoms with Gasteiger partial charge >= 0.3 is 5.97 Å². The Labute approximate surface area is 113 Å². The molecule has 0 bridgehead atoms. The van der Waals surface area contributed by atoms with Gasteiger partial charge in [0.1, 0.15) is 5.56 Å². The van der Waals surface area contributed by atoms with Crippen LogP contribution in [-0.4, -0.2) is 52.4 Å². The van der Waals surface area contributed by atoms with Gasteiger partial charge in [0.25, 0.3) is 0 Å². The van der Waals surface area contributed by atoms with Gasteiger partial charge in [-0.15, -0.1) is 0 Å². The van der Waals surface area contributed by atoms with Crippen LogP contribution in [0.4, 0.5) is 0 Å². The minimum atomic E-state index is -0.904. The van der Waals surface area contributed by atoms with Gasteiger partial charge in [0.2, 0.25) is 0 Å². The Morgan fingerprint density at radius 2 is 2.26 bits per heavy atom. The molecular weight excluding hydrogens is 244 g/mol. The first-order valence-corrected chi connectivity index (χ1v) is 6.71. The summed E-state index contributed by atoms with van der Waals surface area (Å²) in [5.74, 6) is -0.203. The third-order valence-electron chi connectivity index (χ3n) is 3.74. The number of aromatic nitrogens is 2. The smallest absolute Gasteiger partial charge is 0.339 e. The quantitative estimate of drug-likeness (QED) is 0.814. The maximum Gasteiger partial charge on any atom is 0.339 e. The van der Waals surface area contributed by atoms with E-state index in [1.165, 1.54) is 19.0 Å². The number of nitrogens with zero attached hydrogens (tertiary/aromatic N) is 3. The third-order valence-corrected chi connectivity index (χ3v) is 3.74. The molecule has 6 nitrogen and oxygen atoms in total. The Balaban J connectivity index is 1.96. The van der Waals surface area contributed by atoms with Gasteiger partial charge < -0.3 is 15.3 Å². The minimum absolute atomic E-state index is 0.305. The summed E-state index contributed by atoms with van der Waals surface area (Å²) in [6.45, 7) is 3.81. The molecule has 2 heterocycles. The normalized spacial score (nSPS) is 17.0. The molecular formula is C13H22N4O2. The number of aryl methyl sites for hydroxylation is 1. The molecule has 1 fully saturated rings. The average molecular weight is 266 g/mol. The molecule has 1 aromatic rings. The molecule has 0 amide bonds. The predicted octanol–water partition coefficient (Wildman–Crippen LogP) is 0.550. The van der Waals surface area contributed by atoms with E-state index in [2.05, 4.69) is 15.3 Å². The van der Waals surface area contributed by atoms with Crippen LogP contribution in [0, 0.1) is 5.92 Å². The van der Waals surface area contributed by atoms with Crippen molar-refractivity contribution in [3.63, 3.8) is 0 Å². The Hall–Kier alpha value is -1.40. The second-order valence-corrected chi connectivity index (χ2v) is 5.32. The molecule has 19 heavy (non-hydrogen) atoms. The van der Waals surface area contributed by atoms with Gasteiger partial charge in [-0.3, -0.25) is 4.68 Å². The predicted molar refractivity (Wildman–Crippen MR) is 72.1 cm³/mol. The van der Waals surface area contributed by atoms with E-state index in [1.807, 2.05) is 7.05 Å². The molecule has 6 heteroatoms. The summed E-state index contributed by atoms with van der Waals surface area (Å²) >= 11 is 0. The summed E-state index contributed by atoms with van der Waals surface area (Å²) < 4.78 is 1.66. The zero-order chi connectivity index (χ0) is 13.8. The van der Waals surface area contributed by atoms with Gasteiger partial charge in [-0.05, 0) is 38.9 Å². The summed E-state index contributed by atoms with van der Waals surface area (Å²) in [5, 5.41) is 16.5. The lowest BCUT2D eigenvalue weighted by atomic mass is 9.97. The van der Waals surface area contributed by atoms with E-state index in [9.17, 15) is 4.79 Å². The maximum absolute atomic E-state index is 11.1. The van der Waals surface area contributed by atoms with E-state index in [1.54, 1.807) is 11.7 Å². The number of carboxylic acids is 1. The van der Waals surface area contributed by atoms with Crippen LogP contribution in [0.5, 0.6) is 0 Å². The number of hydrogen-bond donors (Lipinski definition) is 2. The third kappa shape index (κ3) is 3.54. The van der Waals surface area contributed by atoms with Crippen LogP contribution in [-0.2, 0) is 13.6 Å². The molecule has 0 aromatic carbocycles. The summed E-state index contributed by atoms with van der Waals surface area (Å²) in [6, 6.07) is 0. The molecule has 1 aromatic heterocycles. The molecule has 0 saturated carbocycles. The minimum Gasteiger partial charge on any atom is -0.478 e. The first kappa shape index (κ1) is 14.0. The van der Waals surface area contributed by atoms with Crippen LogP contribution in [0.2, 0.25) is 0 Å². The van der Waals surface area contributed by atoms with E-state index in [0.717, 1.165) is 25.3 Å². The van der Waals surface area contributed by atoms with Gasteiger partial charge in [0.15, 0.2) is 0 Å². The molecule has 2 N–H and O–H groups in total. The zero-order valence-corrected chi connectivity index (χ0v) is 11.6. The summed E-state index contributed by atoms with van der Waals surface area (Å²) in [7, 11) is 3.83. The monoisotopic (exact) mass is 266 g/mol. The fourth-order valence-electron chi connectivity index (χ4n) is 2.65. The number of piperidine rings is 1. The SMILES string of the molecule is CN(Cc1c(C(=O)O)cnn1C)CC1CCNCC1. The standard InChI is InChI=1S/C13H22N4O2/c1-16(8-10-3-5-14-6-4-10)9-12-11(13(18)19)7-15-17(12)2/h7,10,14H,3-6,8-9H2,1-2H3,(H,18,19). The van der Waals surface area contributed by atoms with E-state index >= 15 is 0 Å².